The zero-order valence-corrected chi connectivity index (χ0v) is 13.7. The number of anilines is 1. The molecule has 132 valence electrons. The quantitative estimate of drug-likeness (QED) is 0.733. The maximum absolute atomic E-state index is 13.1. The summed E-state index contributed by atoms with van der Waals surface area (Å²) in [5, 5.41) is 2.20. The molecule has 2 aromatic carbocycles. The van der Waals surface area contributed by atoms with E-state index in [9.17, 15) is 18.0 Å². The van der Waals surface area contributed by atoms with Gasteiger partial charge in [-0.25, -0.2) is 9.97 Å². The molecule has 0 saturated carbocycles. The molecular weight excluding hydrogens is 343 g/mol. The van der Waals surface area contributed by atoms with Gasteiger partial charge in [-0.1, -0.05) is 54.6 Å². The van der Waals surface area contributed by atoms with E-state index in [1.165, 1.54) is 6.92 Å². The fraction of sp³-hybridized carbons (Fsp3) is 0.105. The van der Waals surface area contributed by atoms with Gasteiger partial charge in [-0.15, -0.1) is 0 Å². The number of benzene rings is 2. The Labute approximate surface area is 147 Å². The van der Waals surface area contributed by atoms with Crippen molar-refractivity contribution in [1.82, 2.24) is 9.97 Å². The summed E-state index contributed by atoms with van der Waals surface area (Å²) in [6.07, 6.45) is -4.64. The van der Waals surface area contributed by atoms with E-state index in [1.54, 1.807) is 24.3 Å². The fourth-order valence-corrected chi connectivity index (χ4v) is 2.42. The highest BCUT2D eigenvalue weighted by molar-refractivity contribution is 5.87. The standard InChI is InChI=1S/C19H14F3N3O/c1-12(26)23-18-24-16(11-17(25-18)19(20,21)22)15-9-7-14(8-10-15)13-5-3-2-4-6-13/h2-11H,1H3,(H,23,24,25,26). The van der Waals surface area contributed by atoms with Crippen LogP contribution in [0.5, 0.6) is 0 Å². The maximum Gasteiger partial charge on any atom is 0.433 e. The van der Waals surface area contributed by atoms with Crippen molar-refractivity contribution in [3.05, 3.63) is 66.4 Å². The summed E-state index contributed by atoms with van der Waals surface area (Å²) in [4.78, 5) is 18.5. The minimum atomic E-state index is -4.64. The number of amides is 1. The van der Waals surface area contributed by atoms with Gasteiger partial charge in [0.05, 0.1) is 5.69 Å². The number of carbonyl (C=O) groups is 1. The predicted octanol–water partition coefficient (Wildman–Crippen LogP) is 4.79. The van der Waals surface area contributed by atoms with Gasteiger partial charge in [0.25, 0.3) is 0 Å². The summed E-state index contributed by atoms with van der Waals surface area (Å²) in [7, 11) is 0. The minimum absolute atomic E-state index is 0.0793. The van der Waals surface area contributed by atoms with Crippen LogP contribution in [0.3, 0.4) is 0 Å². The van der Waals surface area contributed by atoms with E-state index >= 15 is 0 Å². The summed E-state index contributed by atoms with van der Waals surface area (Å²) in [6, 6.07) is 17.4. The van der Waals surface area contributed by atoms with Gasteiger partial charge in [0.1, 0.15) is 0 Å². The molecule has 0 radical (unpaired) electrons. The van der Waals surface area contributed by atoms with Gasteiger partial charge in [0.15, 0.2) is 5.69 Å². The van der Waals surface area contributed by atoms with Crippen molar-refractivity contribution in [1.29, 1.82) is 0 Å². The molecule has 4 nitrogen and oxygen atoms in total. The first-order valence-electron chi connectivity index (χ1n) is 7.72. The molecule has 0 spiro atoms. The van der Waals surface area contributed by atoms with Crippen LogP contribution in [0.25, 0.3) is 22.4 Å². The van der Waals surface area contributed by atoms with E-state index in [1.807, 2.05) is 30.3 Å². The first-order chi connectivity index (χ1) is 12.3. The van der Waals surface area contributed by atoms with Crippen LogP contribution in [-0.2, 0) is 11.0 Å². The van der Waals surface area contributed by atoms with E-state index in [-0.39, 0.29) is 11.6 Å². The monoisotopic (exact) mass is 357 g/mol. The first kappa shape index (κ1) is 17.6. The molecule has 1 N–H and O–H groups in total. The molecule has 0 fully saturated rings. The van der Waals surface area contributed by atoms with Crippen LogP contribution in [0, 0.1) is 0 Å². The molecule has 3 rings (SSSR count). The molecule has 0 atom stereocenters. The molecule has 1 amide bonds. The lowest BCUT2D eigenvalue weighted by atomic mass is 10.0. The zero-order valence-electron chi connectivity index (χ0n) is 13.7. The smallest absolute Gasteiger partial charge is 0.295 e. The Hall–Kier alpha value is -3.22. The van der Waals surface area contributed by atoms with Crippen LogP contribution in [0.2, 0.25) is 0 Å². The maximum atomic E-state index is 13.1. The second kappa shape index (κ2) is 6.95. The molecule has 0 bridgehead atoms. The Morgan fingerprint density at radius 2 is 1.46 bits per heavy atom. The Morgan fingerprint density at radius 1 is 0.885 bits per heavy atom. The van der Waals surface area contributed by atoms with Gasteiger partial charge in [-0.3, -0.25) is 10.1 Å². The predicted molar refractivity (Wildman–Crippen MR) is 92.2 cm³/mol. The number of rotatable bonds is 3. The first-order valence-corrected chi connectivity index (χ1v) is 7.72. The van der Waals surface area contributed by atoms with Crippen LogP contribution in [-0.4, -0.2) is 15.9 Å². The Balaban J connectivity index is 2.01. The summed E-state index contributed by atoms with van der Waals surface area (Å²) < 4.78 is 39.3. The average Bonchev–Trinajstić information content (AvgIpc) is 2.61. The largest absolute Gasteiger partial charge is 0.433 e. The number of carbonyl (C=O) groups excluding carboxylic acids is 1. The van der Waals surface area contributed by atoms with Crippen LogP contribution in [0.4, 0.5) is 19.1 Å². The Morgan fingerprint density at radius 3 is 2.04 bits per heavy atom. The topological polar surface area (TPSA) is 54.9 Å². The van der Waals surface area contributed by atoms with Gasteiger partial charge in [-0.2, -0.15) is 13.2 Å². The highest BCUT2D eigenvalue weighted by atomic mass is 19.4. The second-order valence-electron chi connectivity index (χ2n) is 5.58. The van der Waals surface area contributed by atoms with Crippen molar-refractivity contribution in [2.24, 2.45) is 0 Å². The molecule has 0 aliphatic heterocycles. The summed E-state index contributed by atoms with van der Waals surface area (Å²) >= 11 is 0. The van der Waals surface area contributed by atoms with Crippen LogP contribution in [0.15, 0.2) is 60.7 Å². The van der Waals surface area contributed by atoms with Gasteiger partial charge in [0.2, 0.25) is 11.9 Å². The number of alkyl halides is 3. The number of hydrogen-bond acceptors (Lipinski definition) is 3. The Kier molecular flexibility index (Phi) is 4.71. The number of hydrogen-bond donors (Lipinski definition) is 1. The summed E-state index contributed by atoms with van der Waals surface area (Å²) in [5.41, 5.74) is 1.39. The third-order valence-corrected chi connectivity index (χ3v) is 3.59. The molecular formula is C19H14F3N3O. The van der Waals surface area contributed by atoms with Crippen molar-refractivity contribution >= 4 is 11.9 Å². The van der Waals surface area contributed by atoms with Gasteiger partial charge >= 0.3 is 6.18 Å². The molecule has 3 aromatic rings. The van der Waals surface area contributed by atoms with Crippen LogP contribution in [0.1, 0.15) is 12.6 Å². The SMILES string of the molecule is CC(=O)Nc1nc(-c2ccc(-c3ccccc3)cc2)cc(C(F)(F)F)n1. The molecule has 0 aliphatic carbocycles. The third kappa shape index (κ3) is 4.05. The number of nitrogens with one attached hydrogen (secondary N) is 1. The highest BCUT2D eigenvalue weighted by Crippen LogP contribution is 2.31. The van der Waals surface area contributed by atoms with E-state index in [2.05, 4.69) is 15.3 Å². The lowest BCUT2D eigenvalue weighted by Gasteiger charge is -2.11. The lowest BCUT2D eigenvalue weighted by molar-refractivity contribution is -0.141. The zero-order chi connectivity index (χ0) is 18.7. The van der Waals surface area contributed by atoms with Gasteiger partial charge in [0, 0.05) is 12.5 Å². The minimum Gasteiger partial charge on any atom is -0.295 e. The number of nitrogens with zero attached hydrogens (tertiary/aromatic N) is 2. The molecule has 1 heterocycles. The lowest BCUT2D eigenvalue weighted by Crippen LogP contribution is -2.15. The number of halogens is 3. The van der Waals surface area contributed by atoms with Gasteiger partial charge < -0.3 is 0 Å². The van der Waals surface area contributed by atoms with E-state index < -0.39 is 17.8 Å². The molecule has 0 aliphatic rings. The van der Waals surface area contributed by atoms with Crippen molar-refractivity contribution in [3.63, 3.8) is 0 Å². The van der Waals surface area contributed by atoms with Crippen molar-refractivity contribution in [2.75, 3.05) is 5.32 Å². The molecule has 26 heavy (non-hydrogen) atoms. The molecule has 1 aromatic heterocycles. The van der Waals surface area contributed by atoms with Crippen molar-refractivity contribution in [2.45, 2.75) is 13.1 Å². The summed E-state index contributed by atoms with van der Waals surface area (Å²) in [6.45, 7) is 1.18. The van der Waals surface area contributed by atoms with Crippen LogP contribution < -0.4 is 5.32 Å². The summed E-state index contributed by atoms with van der Waals surface area (Å²) in [5.74, 6) is -0.927. The van der Waals surface area contributed by atoms with E-state index in [4.69, 9.17) is 0 Å². The normalized spacial score (nSPS) is 11.2. The highest BCUT2D eigenvalue weighted by Gasteiger charge is 2.34. The molecule has 7 heteroatoms. The fourth-order valence-electron chi connectivity index (χ4n) is 2.42. The Bertz CT molecular complexity index is 923. The average molecular weight is 357 g/mol. The number of aromatic nitrogens is 2. The van der Waals surface area contributed by atoms with E-state index in [0.29, 0.717) is 5.56 Å². The van der Waals surface area contributed by atoms with Crippen molar-refractivity contribution < 1.29 is 18.0 Å². The van der Waals surface area contributed by atoms with Crippen LogP contribution >= 0.6 is 0 Å². The molecule has 0 unspecified atom stereocenters. The van der Waals surface area contributed by atoms with E-state index in [0.717, 1.165) is 17.2 Å². The van der Waals surface area contributed by atoms with Crippen molar-refractivity contribution in [3.8, 4) is 22.4 Å². The molecule has 0 saturated heterocycles. The third-order valence-electron chi connectivity index (χ3n) is 3.59. The van der Waals surface area contributed by atoms with Gasteiger partial charge in [-0.05, 0) is 17.2 Å². The second-order valence-corrected chi connectivity index (χ2v) is 5.58.